The third kappa shape index (κ3) is 4.81. The molecule has 5 heteroatoms. The molecule has 2 atom stereocenters. The fourth-order valence-electron chi connectivity index (χ4n) is 4.07. The number of hydrogen-bond donors (Lipinski definition) is 1. The third-order valence-electron chi connectivity index (χ3n) is 5.43. The van der Waals surface area contributed by atoms with Gasteiger partial charge in [0.2, 0.25) is 5.91 Å². The lowest BCUT2D eigenvalue weighted by atomic mass is 9.90. The minimum atomic E-state index is -0.0710. The number of rotatable bonds is 6. The van der Waals surface area contributed by atoms with E-state index in [2.05, 4.69) is 41.4 Å². The van der Waals surface area contributed by atoms with Gasteiger partial charge in [-0.25, -0.2) is 0 Å². The topological polar surface area (TPSA) is 50.8 Å². The number of likely N-dealkylation sites (tertiary alicyclic amines) is 1. The van der Waals surface area contributed by atoms with E-state index >= 15 is 0 Å². The standard InChI is InChI=1S/C20H30N2O3/c1-16-6-3-4-7-17(16)13-22-11-10-20(15-22)9-5-8-18(25-20)12-21-19(23)14-24-2/h3-4,6-7,18H,5,8-15H2,1-2H3,(H,21,23)/t18-,20+/m0/s1. The van der Waals surface area contributed by atoms with Crippen LogP contribution in [0.2, 0.25) is 0 Å². The average molecular weight is 346 g/mol. The Morgan fingerprint density at radius 2 is 2.24 bits per heavy atom. The maximum Gasteiger partial charge on any atom is 0.246 e. The van der Waals surface area contributed by atoms with Gasteiger partial charge in [-0.2, -0.15) is 0 Å². The Labute approximate surface area is 150 Å². The zero-order valence-electron chi connectivity index (χ0n) is 15.4. The molecule has 0 aromatic heterocycles. The first-order chi connectivity index (χ1) is 12.1. The van der Waals surface area contributed by atoms with Crippen LogP contribution in [0.25, 0.3) is 0 Å². The normalized spacial score (nSPS) is 26.9. The smallest absolute Gasteiger partial charge is 0.246 e. The van der Waals surface area contributed by atoms with Crippen LogP contribution < -0.4 is 5.32 Å². The molecule has 2 aliphatic heterocycles. The number of benzene rings is 1. The second-order valence-electron chi connectivity index (χ2n) is 7.44. The number of methoxy groups -OCH3 is 1. The summed E-state index contributed by atoms with van der Waals surface area (Å²) in [5.74, 6) is -0.0710. The molecular weight excluding hydrogens is 316 g/mol. The fraction of sp³-hybridized carbons (Fsp3) is 0.650. The SMILES string of the molecule is COCC(=O)NC[C@@H]1CCC[C@]2(CCN(Cc3ccccc3C)C2)O1. The van der Waals surface area contributed by atoms with Gasteiger partial charge >= 0.3 is 0 Å². The van der Waals surface area contributed by atoms with Crippen molar-refractivity contribution in [2.75, 3.05) is 33.4 Å². The molecular formula is C20H30N2O3. The van der Waals surface area contributed by atoms with E-state index < -0.39 is 0 Å². The first-order valence-electron chi connectivity index (χ1n) is 9.30. The summed E-state index contributed by atoms with van der Waals surface area (Å²) >= 11 is 0. The molecule has 0 aliphatic carbocycles. The van der Waals surface area contributed by atoms with E-state index in [1.165, 1.54) is 24.7 Å². The number of ether oxygens (including phenoxy) is 2. The van der Waals surface area contributed by atoms with Gasteiger partial charge in [0, 0.05) is 33.3 Å². The lowest BCUT2D eigenvalue weighted by molar-refractivity contribution is -0.132. The molecule has 5 nitrogen and oxygen atoms in total. The summed E-state index contributed by atoms with van der Waals surface area (Å²) in [5.41, 5.74) is 2.72. The number of nitrogens with one attached hydrogen (secondary N) is 1. The summed E-state index contributed by atoms with van der Waals surface area (Å²) < 4.78 is 11.3. The van der Waals surface area contributed by atoms with E-state index in [1.807, 2.05) is 0 Å². The van der Waals surface area contributed by atoms with Crippen LogP contribution in [0.5, 0.6) is 0 Å². The van der Waals surface area contributed by atoms with Gasteiger partial charge in [0.05, 0.1) is 11.7 Å². The highest BCUT2D eigenvalue weighted by molar-refractivity contribution is 5.77. The van der Waals surface area contributed by atoms with Crippen molar-refractivity contribution in [1.82, 2.24) is 10.2 Å². The molecule has 25 heavy (non-hydrogen) atoms. The molecule has 3 rings (SSSR count). The van der Waals surface area contributed by atoms with Crippen molar-refractivity contribution in [2.45, 2.75) is 50.9 Å². The van der Waals surface area contributed by atoms with Crippen molar-refractivity contribution < 1.29 is 14.3 Å². The molecule has 138 valence electrons. The van der Waals surface area contributed by atoms with Gasteiger partial charge in [-0.05, 0) is 43.7 Å². The van der Waals surface area contributed by atoms with Crippen molar-refractivity contribution in [1.29, 1.82) is 0 Å². The highest BCUT2D eigenvalue weighted by atomic mass is 16.5. The quantitative estimate of drug-likeness (QED) is 0.858. The Morgan fingerprint density at radius 1 is 1.40 bits per heavy atom. The van der Waals surface area contributed by atoms with Crippen LogP contribution >= 0.6 is 0 Å². The summed E-state index contributed by atoms with van der Waals surface area (Å²) in [5, 5.41) is 2.92. The predicted octanol–water partition coefficient (Wildman–Crippen LogP) is 2.27. The molecule has 0 saturated carbocycles. The van der Waals surface area contributed by atoms with Gasteiger partial charge < -0.3 is 14.8 Å². The molecule has 0 bridgehead atoms. The molecule has 1 aromatic carbocycles. The van der Waals surface area contributed by atoms with Gasteiger partial charge in [-0.1, -0.05) is 24.3 Å². The number of amides is 1. The highest BCUT2D eigenvalue weighted by Gasteiger charge is 2.42. The predicted molar refractivity (Wildman–Crippen MR) is 97.4 cm³/mol. The zero-order valence-corrected chi connectivity index (χ0v) is 15.4. The molecule has 1 spiro atoms. The number of carbonyl (C=O) groups excluding carboxylic acids is 1. The minimum Gasteiger partial charge on any atom is -0.375 e. The van der Waals surface area contributed by atoms with E-state index in [1.54, 1.807) is 0 Å². The average Bonchev–Trinajstić information content (AvgIpc) is 2.97. The largest absolute Gasteiger partial charge is 0.375 e. The second-order valence-corrected chi connectivity index (χ2v) is 7.44. The third-order valence-corrected chi connectivity index (χ3v) is 5.43. The molecule has 1 aromatic rings. The number of carbonyl (C=O) groups is 1. The van der Waals surface area contributed by atoms with Crippen molar-refractivity contribution in [2.24, 2.45) is 0 Å². The van der Waals surface area contributed by atoms with Crippen LogP contribution in [0.3, 0.4) is 0 Å². The molecule has 2 heterocycles. The maximum atomic E-state index is 11.6. The van der Waals surface area contributed by atoms with Gasteiger partial charge in [-0.15, -0.1) is 0 Å². The molecule has 2 aliphatic rings. The zero-order chi connectivity index (χ0) is 17.7. The first kappa shape index (κ1) is 18.4. The van der Waals surface area contributed by atoms with E-state index in [0.717, 1.165) is 38.9 Å². The first-order valence-corrected chi connectivity index (χ1v) is 9.30. The summed E-state index contributed by atoms with van der Waals surface area (Å²) in [6.45, 7) is 5.94. The Kier molecular flexibility index (Phi) is 6.10. The van der Waals surface area contributed by atoms with Crippen molar-refractivity contribution in [3.63, 3.8) is 0 Å². The molecule has 2 saturated heterocycles. The molecule has 0 radical (unpaired) electrons. The Morgan fingerprint density at radius 3 is 3.04 bits per heavy atom. The van der Waals surface area contributed by atoms with E-state index in [-0.39, 0.29) is 24.2 Å². The van der Waals surface area contributed by atoms with Crippen LogP contribution in [-0.2, 0) is 20.8 Å². The summed E-state index contributed by atoms with van der Waals surface area (Å²) in [7, 11) is 1.53. The van der Waals surface area contributed by atoms with Crippen molar-refractivity contribution >= 4 is 5.91 Å². The van der Waals surface area contributed by atoms with Crippen molar-refractivity contribution in [3.8, 4) is 0 Å². The minimum absolute atomic E-state index is 0.0302. The van der Waals surface area contributed by atoms with Crippen molar-refractivity contribution in [3.05, 3.63) is 35.4 Å². The summed E-state index contributed by atoms with van der Waals surface area (Å²) in [6.07, 6.45) is 4.52. The molecule has 0 unspecified atom stereocenters. The van der Waals surface area contributed by atoms with E-state index in [4.69, 9.17) is 9.47 Å². The number of hydrogen-bond acceptors (Lipinski definition) is 4. The summed E-state index contributed by atoms with van der Waals surface area (Å²) in [4.78, 5) is 14.1. The van der Waals surface area contributed by atoms with Crippen LogP contribution in [0.15, 0.2) is 24.3 Å². The van der Waals surface area contributed by atoms with E-state index in [9.17, 15) is 4.79 Å². The van der Waals surface area contributed by atoms with Crippen LogP contribution in [0.4, 0.5) is 0 Å². The second kappa shape index (κ2) is 8.30. The summed E-state index contributed by atoms with van der Waals surface area (Å²) in [6, 6.07) is 8.61. The number of nitrogens with zero attached hydrogens (tertiary/aromatic N) is 1. The number of aryl methyl sites for hydroxylation is 1. The lowest BCUT2D eigenvalue weighted by Gasteiger charge is -2.39. The van der Waals surface area contributed by atoms with Gasteiger partial charge in [0.25, 0.3) is 0 Å². The molecule has 1 amide bonds. The Hall–Kier alpha value is -1.43. The Balaban J connectivity index is 1.52. The van der Waals surface area contributed by atoms with Crippen LogP contribution in [0.1, 0.15) is 36.8 Å². The monoisotopic (exact) mass is 346 g/mol. The molecule has 2 fully saturated rings. The van der Waals surface area contributed by atoms with Gasteiger partial charge in [0.1, 0.15) is 6.61 Å². The highest BCUT2D eigenvalue weighted by Crippen LogP contribution is 2.37. The van der Waals surface area contributed by atoms with Gasteiger partial charge in [-0.3, -0.25) is 9.69 Å². The van der Waals surface area contributed by atoms with Gasteiger partial charge in [0.15, 0.2) is 0 Å². The molecule has 1 N–H and O–H groups in total. The Bertz CT molecular complexity index is 592. The maximum absolute atomic E-state index is 11.6. The van der Waals surface area contributed by atoms with E-state index in [0.29, 0.717) is 6.54 Å². The lowest BCUT2D eigenvalue weighted by Crippen LogP contribution is -2.47. The van der Waals surface area contributed by atoms with Crippen LogP contribution in [-0.4, -0.2) is 55.9 Å². The fourth-order valence-corrected chi connectivity index (χ4v) is 4.07. The van der Waals surface area contributed by atoms with Crippen LogP contribution in [0, 0.1) is 6.92 Å².